The summed E-state index contributed by atoms with van der Waals surface area (Å²) < 4.78 is 30.3. The fraction of sp³-hybridized carbons (Fsp3) is 0.500. The quantitative estimate of drug-likeness (QED) is 0.693. The van der Waals surface area contributed by atoms with E-state index in [0.717, 1.165) is 0 Å². The molecule has 0 saturated carbocycles. The van der Waals surface area contributed by atoms with Gasteiger partial charge in [0.1, 0.15) is 12.4 Å². The molecule has 10 heteroatoms. The molecule has 2 saturated heterocycles. The van der Waals surface area contributed by atoms with Crippen LogP contribution in [0.4, 0.5) is 25.4 Å². The molecule has 0 bridgehead atoms. The van der Waals surface area contributed by atoms with E-state index < -0.39 is 30.2 Å². The maximum absolute atomic E-state index is 14.6. The first-order valence-corrected chi connectivity index (χ1v) is 9.89. The number of carbonyl (C=O) groups is 2. The second-order valence-corrected chi connectivity index (χ2v) is 7.39. The number of hydrogen-bond donors (Lipinski definition) is 2. The van der Waals surface area contributed by atoms with Crippen molar-refractivity contribution in [1.82, 2.24) is 5.32 Å². The second-order valence-electron chi connectivity index (χ2n) is 7.39. The van der Waals surface area contributed by atoms with Crippen molar-refractivity contribution in [3.05, 3.63) is 36.2 Å². The zero-order chi connectivity index (χ0) is 21.1. The van der Waals surface area contributed by atoms with Crippen LogP contribution in [0.15, 0.2) is 30.4 Å². The minimum atomic E-state index is -0.658. The molecule has 0 unspecified atom stereocenters. The second kappa shape index (κ2) is 8.88. The monoisotopic (exact) mass is 421 g/mol. The van der Waals surface area contributed by atoms with Crippen molar-refractivity contribution in [3.8, 4) is 0 Å². The van der Waals surface area contributed by atoms with Crippen molar-refractivity contribution in [2.24, 2.45) is 0 Å². The van der Waals surface area contributed by atoms with E-state index in [1.807, 2.05) is 4.90 Å². The van der Waals surface area contributed by atoms with Gasteiger partial charge in [0, 0.05) is 19.5 Å². The maximum Gasteiger partial charge on any atom is 0.414 e. The molecule has 0 radical (unpaired) electrons. The lowest BCUT2D eigenvalue weighted by atomic mass is 10.2. The van der Waals surface area contributed by atoms with Crippen LogP contribution in [0.2, 0.25) is 0 Å². The van der Waals surface area contributed by atoms with Gasteiger partial charge in [0.15, 0.2) is 6.10 Å². The van der Waals surface area contributed by atoms with E-state index in [1.54, 1.807) is 24.3 Å². The number of aliphatic hydroxyl groups excluding tert-OH is 1. The predicted octanol–water partition coefficient (Wildman–Crippen LogP) is 1.40. The molecule has 2 fully saturated rings. The summed E-state index contributed by atoms with van der Waals surface area (Å²) in [6, 6.07) is 4.33. The molecule has 2 amide bonds. The van der Waals surface area contributed by atoms with Crippen molar-refractivity contribution < 1.29 is 33.3 Å². The average molecular weight is 421 g/mol. The Balaban J connectivity index is 1.30. The number of ether oxygens (including phenoxy) is 3. The Kier molecular flexibility index (Phi) is 6.05. The van der Waals surface area contributed by atoms with E-state index in [0.29, 0.717) is 44.1 Å². The molecule has 30 heavy (non-hydrogen) atoms. The molecule has 0 spiro atoms. The Morgan fingerprint density at radius 3 is 2.80 bits per heavy atom. The van der Waals surface area contributed by atoms with Gasteiger partial charge in [0.05, 0.1) is 43.3 Å². The molecule has 2 N–H and O–H groups in total. The number of morpholine rings is 1. The standard InChI is InChI=1S/C20H24FN3O6/c21-17-10-14(2-4-18(17)23-5-7-28-8-6-23)24-11-16(30-20(24)27)12-29-19(26)22-13-1-3-15(25)9-13/h1-4,10,13,15-16,25H,5-9,11-12H2,(H,22,26)/t13-,15+,16+/m0/s1. The molecular weight excluding hydrogens is 397 g/mol. The smallest absolute Gasteiger partial charge is 0.414 e. The van der Waals surface area contributed by atoms with Crippen LogP contribution in [-0.2, 0) is 14.2 Å². The highest BCUT2D eigenvalue weighted by atomic mass is 19.1. The predicted molar refractivity (Wildman–Crippen MR) is 105 cm³/mol. The van der Waals surface area contributed by atoms with Crippen LogP contribution in [0.5, 0.6) is 0 Å². The highest BCUT2D eigenvalue weighted by molar-refractivity contribution is 5.90. The van der Waals surface area contributed by atoms with Crippen LogP contribution in [-0.4, -0.2) is 75.0 Å². The number of anilines is 2. The third-order valence-electron chi connectivity index (χ3n) is 5.23. The van der Waals surface area contributed by atoms with Crippen molar-refractivity contribution in [2.75, 3.05) is 49.3 Å². The molecule has 1 aromatic carbocycles. The van der Waals surface area contributed by atoms with Crippen LogP contribution in [0, 0.1) is 5.82 Å². The molecule has 3 aliphatic rings. The van der Waals surface area contributed by atoms with Gasteiger partial charge in [-0.1, -0.05) is 12.2 Å². The van der Waals surface area contributed by atoms with Crippen LogP contribution < -0.4 is 15.1 Å². The molecule has 3 atom stereocenters. The number of nitrogens with zero attached hydrogens (tertiary/aromatic N) is 2. The minimum Gasteiger partial charge on any atom is -0.446 e. The first kappa shape index (κ1) is 20.4. The minimum absolute atomic E-state index is 0.124. The van der Waals surface area contributed by atoms with E-state index >= 15 is 0 Å². The molecule has 2 aliphatic heterocycles. The van der Waals surface area contributed by atoms with Gasteiger partial charge < -0.3 is 29.5 Å². The highest BCUT2D eigenvalue weighted by Gasteiger charge is 2.34. The van der Waals surface area contributed by atoms with E-state index in [-0.39, 0.29) is 19.2 Å². The molecule has 1 aromatic rings. The highest BCUT2D eigenvalue weighted by Crippen LogP contribution is 2.28. The lowest BCUT2D eigenvalue weighted by Crippen LogP contribution is -2.36. The summed E-state index contributed by atoms with van der Waals surface area (Å²) in [7, 11) is 0. The Bertz CT molecular complexity index is 829. The first-order chi connectivity index (χ1) is 14.5. The topological polar surface area (TPSA) is 101 Å². The van der Waals surface area contributed by atoms with Crippen molar-refractivity contribution in [3.63, 3.8) is 0 Å². The zero-order valence-electron chi connectivity index (χ0n) is 16.3. The van der Waals surface area contributed by atoms with Crippen LogP contribution in [0.1, 0.15) is 6.42 Å². The van der Waals surface area contributed by atoms with Crippen LogP contribution in [0.3, 0.4) is 0 Å². The maximum atomic E-state index is 14.6. The number of aliphatic hydroxyl groups is 1. The normalized spacial score (nSPS) is 26.1. The third kappa shape index (κ3) is 4.65. The van der Waals surface area contributed by atoms with Gasteiger partial charge in [-0.3, -0.25) is 4.90 Å². The van der Waals surface area contributed by atoms with E-state index in [4.69, 9.17) is 14.2 Å². The molecule has 162 valence electrons. The van der Waals surface area contributed by atoms with Gasteiger partial charge in [-0.15, -0.1) is 0 Å². The summed E-state index contributed by atoms with van der Waals surface area (Å²) in [4.78, 5) is 27.3. The van der Waals surface area contributed by atoms with Crippen LogP contribution in [0.25, 0.3) is 0 Å². The average Bonchev–Trinajstić information content (AvgIpc) is 3.32. The van der Waals surface area contributed by atoms with Gasteiger partial charge in [-0.2, -0.15) is 0 Å². The Hall–Kier alpha value is -2.85. The van der Waals surface area contributed by atoms with Crippen LogP contribution >= 0.6 is 0 Å². The number of carbonyl (C=O) groups excluding carboxylic acids is 2. The van der Waals surface area contributed by atoms with Crippen molar-refractivity contribution in [2.45, 2.75) is 24.7 Å². The Morgan fingerprint density at radius 1 is 1.30 bits per heavy atom. The number of halogens is 1. The molecule has 2 heterocycles. The van der Waals surface area contributed by atoms with Crippen molar-refractivity contribution in [1.29, 1.82) is 0 Å². The first-order valence-electron chi connectivity index (χ1n) is 9.89. The van der Waals surface area contributed by atoms with Gasteiger partial charge >= 0.3 is 12.2 Å². The van der Waals surface area contributed by atoms with E-state index in [9.17, 15) is 19.1 Å². The summed E-state index contributed by atoms with van der Waals surface area (Å²) in [6.07, 6.45) is 1.18. The summed E-state index contributed by atoms with van der Waals surface area (Å²) in [5.41, 5.74) is 0.851. The molecule has 4 rings (SSSR count). The molecule has 9 nitrogen and oxygen atoms in total. The lowest BCUT2D eigenvalue weighted by Gasteiger charge is -2.29. The van der Waals surface area contributed by atoms with Gasteiger partial charge in [0.2, 0.25) is 0 Å². The fourth-order valence-corrected chi connectivity index (χ4v) is 3.69. The summed E-state index contributed by atoms with van der Waals surface area (Å²) in [6.45, 7) is 2.34. The number of nitrogens with one attached hydrogen (secondary N) is 1. The molecule has 0 aromatic heterocycles. The van der Waals surface area contributed by atoms with Gasteiger partial charge in [0.25, 0.3) is 0 Å². The molecule has 1 aliphatic carbocycles. The van der Waals surface area contributed by atoms with Gasteiger partial charge in [-0.25, -0.2) is 14.0 Å². The largest absolute Gasteiger partial charge is 0.446 e. The van der Waals surface area contributed by atoms with E-state index in [1.165, 1.54) is 11.0 Å². The summed E-state index contributed by atoms with van der Waals surface area (Å²) in [5.74, 6) is -0.423. The third-order valence-corrected chi connectivity index (χ3v) is 5.23. The molecular formula is C20H24FN3O6. The summed E-state index contributed by atoms with van der Waals surface area (Å²) in [5, 5.41) is 12.0. The van der Waals surface area contributed by atoms with E-state index in [2.05, 4.69) is 5.32 Å². The number of amides is 2. The zero-order valence-corrected chi connectivity index (χ0v) is 16.3. The number of rotatable bonds is 5. The summed E-state index contributed by atoms with van der Waals surface area (Å²) >= 11 is 0. The lowest BCUT2D eigenvalue weighted by molar-refractivity contribution is 0.0723. The SMILES string of the molecule is O=C(N[C@H]1C=C[C@@H](O)C1)OC[C@H]1CN(c2ccc(N3CCOCC3)c(F)c2)C(=O)O1. The van der Waals surface area contributed by atoms with Crippen molar-refractivity contribution >= 4 is 23.6 Å². The van der Waals surface area contributed by atoms with Gasteiger partial charge in [-0.05, 0) is 18.2 Å². The number of hydrogen-bond acceptors (Lipinski definition) is 7. The number of benzene rings is 1. The Labute approximate surface area is 173 Å². The number of cyclic esters (lactones) is 1. The number of alkyl carbamates (subject to hydrolysis) is 1. The Morgan fingerprint density at radius 2 is 2.10 bits per heavy atom. The fourth-order valence-electron chi connectivity index (χ4n) is 3.69.